The lowest BCUT2D eigenvalue weighted by molar-refractivity contribution is 0.244. The van der Waals surface area contributed by atoms with E-state index in [1.54, 1.807) is 6.07 Å². The first-order chi connectivity index (χ1) is 9.25. The molecule has 1 heterocycles. The molecule has 1 N–H and O–H groups in total. The van der Waals surface area contributed by atoms with Gasteiger partial charge in [0.15, 0.2) is 5.58 Å². The van der Waals surface area contributed by atoms with Crippen molar-refractivity contribution in [1.82, 2.24) is 5.32 Å². The van der Waals surface area contributed by atoms with Crippen molar-refractivity contribution in [2.45, 2.75) is 33.7 Å². The van der Waals surface area contributed by atoms with Crippen LogP contribution >= 0.6 is 34.8 Å². The van der Waals surface area contributed by atoms with Crippen LogP contribution in [-0.2, 0) is 0 Å². The Bertz CT molecular complexity index is 628. The maximum atomic E-state index is 6.24. The van der Waals surface area contributed by atoms with Crippen molar-refractivity contribution >= 4 is 45.8 Å². The zero-order valence-corrected chi connectivity index (χ0v) is 14.2. The number of nitrogens with one attached hydrogen (secondary N) is 1. The van der Waals surface area contributed by atoms with Crippen LogP contribution in [0.3, 0.4) is 0 Å². The van der Waals surface area contributed by atoms with Gasteiger partial charge in [-0.25, -0.2) is 0 Å². The highest BCUT2D eigenvalue weighted by atomic mass is 35.5. The summed E-state index contributed by atoms with van der Waals surface area (Å²) < 4.78 is 5.94. The fourth-order valence-corrected chi connectivity index (χ4v) is 3.01. The minimum atomic E-state index is 0.00658. The first-order valence-corrected chi connectivity index (χ1v) is 7.69. The van der Waals surface area contributed by atoms with E-state index < -0.39 is 0 Å². The van der Waals surface area contributed by atoms with Crippen LogP contribution < -0.4 is 5.32 Å². The zero-order valence-electron chi connectivity index (χ0n) is 12.0. The molecule has 0 saturated carbocycles. The van der Waals surface area contributed by atoms with Crippen LogP contribution in [0.1, 0.15) is 39.5 Å². The minimum Gasteiger partial charge on any atom is -0.458 e. The van der Waals surface area contributed by atoms with E-state index >= 15 is 0 Å². The van der Waals surface area contributed by atoms with Crippen molar-refractivity contribution < 1.29 is 4.42 Å². The van der Waals surface area contributed by atoms with Gasteiger partial charge in [-0.1, -0.05) is 62.5 Å². The van der Waals surface area contributed by atoms with Crippen molar-refractivity contribution in [3.8, 4) is 0 Å². The molecule has 5 heteroatoms. The number of rotatable bonds is 3. The maximum absolute atomic E-state index is 6.24. The van der Waals surface area contributed by atoms with E-state index in [0.717, 1.165) is 17.7 Å². The number of halogens is 3. The van der Waals surface area contributed by atoms with E-state index in [0.29, 0.717) is 20.7 Å². The number of benzene rings is 1. The molecule has 2 nitrogen and oxygen atoms in total. The van der Waals surface area contributed by atoms with Crippen LogP contribution in [0, 0.1) is 5.41 Å². The number of hydrogen-bond acceptors (Lipinski definition) is 2. The lowest BCUT2D eigenvalue weighted by Crippen LogP contribution is -2.31. The summed E-state index contributed by atoms with van der Waals surface area (Å²) in [6.07, 6.45) is 0. The zero-order chi connectivity index (χ0) is 15.1. The summed E-state index contributed by atoms with van der Waals surface area (Å²) in [5.74, 6) is 0.820. The molecule has 0 fully saturated rings. The number of fused-ring (bicyclic) bond motifs is 1. The SMILES string of the molecule is CCNC(c1cc2c(Cl)c(Cl)cc(Cl)c2o1)C(C)(C)C. The van der Waals surface area contributed by atoms with E-state index in [2.05, 4.69) is 33.0 Å². The number of furan rings is 1. The average molecular weight is 335 g/mol. The summed E-state index contributed by atoms with van der Waals surface area (Å²) in [7, 11) is 0. The van der Waals surface area contributed by atoms with Gasteiger partial charge in [0.1, 0.15) is 5.76 Å². The predicted molar refractivity (Wildman–Crippen MR) is 87.1 cm³/mol. The Balaban J connectivity index is 2.61. The predicted octanol–water partition coefficient (Wildman–Crippen LogP) is 6.09. The van der Waals surface area contributed by atoms with Gasteiger partial charge in [-0.2, -0.15) is 0 Å². The van der Waals surface area contributed by atoms with Crippen LogP contribution in [0.25, 0.3) is 11.0 Å². The largest absolute Gasteiger partial charge is 0.458 e. The van der Waals surface area contributed by atoms with Crippen LogP contribution in [-0.4, -0.2) is 6.54 Å². The summed E-state index contributed by atoms with van der Waals surface area (Å²) in [6, 6.07) is 3.61. The molecular weight excluding hydrogens is 317 g/mol. The van der Waals surface area contributed by atoms with Crippen LogP contribution in [0.2, 0.25) is 15.1 Å². The molecular formula is C15H18Cl3NO. The fraction of sp³-hybridized carbons (Fsp3) is 0.467. The minimum absolute atomic E-state index is 0.00658. The van der Waals surface area contributed by atoms with E-state index in [1.165, 1.54) is 0 Å². The van der Waals surface area contributed by atoms with Gasteiger partial charge < -0.3 is 9.73 Å². The second-order valence-corrected chi connectivity index (χ2v) is 7.09. The Morgan fingerprint density at radius 2 is 1.80 bits per heavy atom. The van der Waals surface area contributed by atoms with Crippen molar-refractivity contribution in [1.29, 1.82) is 0 Å². The first-order valence-electron chi connectivity index (χ1n) is 6.56. The standard InChI is InChI=1S/C15H18Cl3NO/c1-5-19-14(15(2,3)4)11-6-8-12(18)9(16)7-10(17)13(8)20-11/h6-7,14,19H,5H2,1-4H3. The number of hydrogen-bond donors (Lipinski definition) is 1. The third-order valence-electron chi connectivity index (χ3n) is 3.23. The van der Waals surface area contributed by atoms with Crippen LogP contribution in [0.5, 0.6) is 0 Å². The molecule has 20 heavy (non-hydrogen) atoms. The molecule has 2 rings (SSSR count). The fourth-order valence-electron chi connectivity index (χ4n) is 2.30. The normalized spacial score (nSPS) is 13.9. The maximum Gasteiger partial charge on any atom is 0.154 e. The third kappa shape index (κ3) is 2.94. The van der Waals surface area contributed by atoms with Gasteiger partial charge in [0.25, 0.3) is 0 Å². The second kappa shape index (κ2) is 5.76. The monoisotopic (exact) mass is 333 g/mol. The van der Waals surface area contributed by atoms with Crippen LogP contribution in [0.15, 0.2) is 16.5 Å². The van der Waals surface area contributed by atoms with E-state index in [-0.39, 0.29) is 11.5 Å². The third-order valence-corrected chi connectivity index (χ3v) is 4.31. The lowest BCUT2D eigenvalue weighted by atomic mass is 9.85. The molecule has 0 radical (unpaired) electrons. The summed E-state index contributed by atoms with van der Waals surface area (Å²) in [5, 5.41) is 5.59. The molecule has 0 amide bonds. The van der Waals surface area contributed by atoms with Gasteiger partial charge in [-0.05, 0) is 24.1 Å². The van der Waals surface area contributed by atoms with Gasteiger partial charge in [0, 0.05) is 5.39 Å². The first kappa shape index (κ1) is 16.0. The molecule has 1 aromatic heterocycles. The summed E-state index contributed by atoms with van der Waals surface area (Å²) in [6.45, 7) is 9.39. The van der Waals surface area contributed by atoms with Crippen molar-refractivity contribution in [3.63, 3.8) is 0 Å². The van der Waals surface area contributed by atoms with Gasteiger partial charge in [-0.3, -0.25) is 0 Å². The van der Waals surface area contributed by atoms with Gasteiger partial charge >= 0.3 is 0 Å². The van der Waals surface area contributed by atoms with Gasteiger partial charge in [-0.15, -0.1) is 0 Å². The molecule has 2 aromatic rings. The Morgan fingerprint density at radius 3 is 2.35 bits per heavy atom. The van der Waals surface area contributed by atoms with Crippen molar-refractivity contribution in [2.75, 3.05) is 6.54 Å². The lowest BCUT2D eigenvalue weighted by Gasteiger charge is -2.29. The van der Waals surface area contributed by atoms with E-state index in [9.17, 15) is 0 Å². The summed E-state index contributed by atoms with van der Waals surface area (Å²) in [5.41, 5.74) is 0.593. The van der Waals surface area contributed by atoms with Crippen LogP contribution in [0.4, 0.5) is 0 Å². The smallest absolute Gasteiger partial charge is 0.154 e. The second-order valence-electron chi connectivity index (χ2n) is 5.90. The highest BCUT2D eigenvalue weighted by molar-refractivity contribution is 6.47. The van der Waals surface area contributed by atoms with Gasteiger partial charge in [0.05, 0.1) is 21.1 Å². The molecule has 1 unspecified atom stereocenters. The highest BCUT2D eigenvalue weighted by Gasteiger charge is 2.29. The molecule has 1 aromatic carbocycles. The van der Waals surface area contributed by atoms with Gasteiger partial charge in [0.2, 0.25) is 0 Å². The molecule has 110 valence electrons. The highest BCUT2D eigenvalue weighted by Crippen LogP contribution is 2.41. The molecule has 0 bridgehead atoms. The van der Waals surface area contributed by atoms with Crippen molar-refractivity contribution in [3.05, 3.63) is 33.0 Å². The Morgan fingerprint density at radius 1 is 1.15 bits per heavy atom. The molecule has 0 aliphatic carbocycles. The Hall–Kier alpha value is -0.410. The molecule has 0 spiro atoms. The topological polar surface area (TPSA) is 25.2 Å². The molecule has 0 saturated heterocycles. The van der Waals surface area contributed by atoms with E-state index in [1.807, 2.05) is 6.07 Å². The van der Waals surface area contributed by atoms with Crippen molar-refractivity contribution in [2.24, 2.45) is 5.41 Å². The summed E-state index contributed by atoms with van der Waals surface area (Å²) in [4.78, 5) is 0. The quantitative estimate of drug-likeness (QED) is 0.687. The molecule has 0 aliphatic heterocycles. The average Bonchev–Trinajstić information content (AvgIpc) is 2.77. The molecule has 0 aliphatic rings. The summed E-state index contributed by atoms with van der Waals surface area (Å²) >= 11 is 18.5. The Labute approximate surface area is 134 Å². The molecule has 1 atom stereocenters. The Kier molecular flexibility index (Phi) is 4.60. The van der Waals surface area contributed by atoms with E-state index in [4.69, 9.17) is 39.2 Å².